The van der Waals surface area contributed by atoms with Crippen molar-refractivity contribution in [1.29, 1.82) is 0 Å². The molecule has 1 heterocycles. The third-order valence-electron chi connectivity index (χ3n) is 3.81. The summed E-state index contributed by atoms with van der Waals surface area (Å²) in [5.74, 6) is 1.84. The van der Waals surface area contributed by atoms with Gasteiger partial charge >= 0.3 is 7.25 Å². The zero-order chi connectivity index (χ0) is 19.5. The molecule has 0 aromatic heterocycles. The molecule has 0 atom stereocenters. The molecule has 0 fully saturated rings. The Balaban J connectivity index is 0.000000431. The minimum Gasteiger partial charge on any atom is -0.456 e. The number of halogens is 4. The van der Waals surface area contributed by atoms with Gasteiger partial charge in [-0.05, 0) is 31.5 Å². The first kappa shape index (κ1) is 19.8. The fourth-order valence-corrected chi connectivity index (χ4v) is 2.48. The predicted octanol–water partition coefficient (Wildman–Crippen LogP) is 5.00. The maximum absolute atomic E-state index is 9.75. The third-order valence-corrected chi connectivity index (χ3v) is 3.81. The van der Waals surface area contributed by atoms with Gasteiger partial charge in [0, 0.05) is 17.2 Å². The summed E-state index contributed by atoms with van der Waals surface area (Å²) in [5.41, 5.74) is 4.76. The van der Waals surface area contributed by atoms with Crippen molar-refractivity contribution in [3.63, 3.8) is 0 Å². The molecule has 1 aromatic carbocycles. The van der Waals surface area contributed by atoms with Gasteiger partial charge in [-0.3, -0.25) is 0 Å². The SMILES string of the molecule is Cc1ccc(-c2cc(C)c3ccc(=[N+](C)C)cc-3o2)cc1.F[B-](F)(F)F. The Morgan fingerprint density at radius 1 is 0.808 bits per heavy atom. The van der Waals surface area contributed by atoms with E-state index in [9.17, 15) is 17.3 Å². The van der Waals surface area contributed by atoms with E-state index in [2.05, 4.69) is 67.0 Å². The second kappa shape index (κ2) is 7.76. The lowest BCUT2D eigenvalue weighted by atomic mass is 10.0. The van der Waals surface area contributed by atoms with Crippen LogP contribution in [0.15, 0.2) is 52.9 Å². The van der Waals surface area contributed by atoms with E-state index >= 15 is 0 Å². The number of benzene rings is 2. The van der Waals surface area contributed by atoms with Crippen LogP contribution in [0.3, 0.4) is 0 Å². The Morgan fingerprint density at radius 2 is 1.38 bits per heavy atom. The maximum Gasteiger partial charge on any atom is 0.673 e. The molecule has 2 aliphatic rings. The van der Waals surface area contributed by atoms with Crippen LogP contribution in [-0.4, -0.2) is 21.3 Å². The number of nitrogens with zero attached hydrogens (tertiary/aromatic N) is 1. The molecule has 1 aliphatic carbocycles. The van der Waals surface area contributed by atoms with E-state index in [0.29, 0.717) is 0 Å². The van der Waals surface area contributed by atoms with Crippen LogP contribution in [-0.2, 0) is 0 Å². The van der Waals surface area contributed by atoms with Crippen LogP contribution in [0.4, 0.5) is 17.3 Å². The van der Waals surface area contributed by atoms with Gasteiger partial charge in [-0.1, -0.05) is 29.8 Å². The lowest BCUT2D eigenvalue weighted by Crippen LogP contribution is -2.21. The molecule has 7 heteroatoms. The highest BCUT2D eigenvalue weighted by Gasteiger charge is 2.20. The average Bonchev–Trinajstić information content (AvgIpc) is 2.53. The van der Waals surface area contributed by atoms with Crippen LogP contribution < -0.4 is 9.93 Å². The van der Waals surface area contributed by atoms with Crippen molar-refractivity contribution in [3.05, 3.63) is 65.0 Å². The maximum atomic E-state index is 9.75. The predicted molar refractivity (Wildman–Crippen MR) is 97.5 cm³/mol. The van der Waals surface area contributed by atoms with Gasteiger partial charge in [0.15, 0.2) is 0 Å². The van der Waals surface area contributed by atoms with E-state index in [1.165, 1.54) is 11.1 Å². The lowest BCUT2D eigenvalue weighted by molar-refractivity contribution is 0.368. The van der Waals surface area contributed by atoms with Crippen molar-refractivity contribution in [1.82, 2.24) is 4.58 Å². The highest BCUT2D eigenvalue weighted by Crippen LogP contribution is 2.31. The van der Waals surface area contributed by atoms with Crippen LogP contribution in [0.5, 0.6) is 0 Å². The largest absolute Gasteiger partial charge is 0.673 e. The molecule has 3 rings (SSSR count). The van der Waals surface area contributed by atoms with Crippen LogP contribution in [0.2, 0.25) is 0 Å². The normalized spacial score (nSPS) is 11.1. The number of hydrogen-bond donors (Lipinski definition) is 0. The monoisotopic (exact) mass is 365 g/mol. The van der Waals surface area contributed by atoms with Gasteiger partial charge in [0.1, 0.15) is 25.6 Å². The Bertz CT molecular complexity index is 920. The highest BCUT2D eigenvalue weighted by atomic mass is 19.5. The van der Waals surface area contributed by atoms with E-state index in [0.717, 1.165) is 28.0 Å². The summed E-state index contributed by atoms with van der Waals surface area (Å²) >= 11 is 0. The molecule has 0 spiro atoms. The van der Waals surface area contributed by atoms with Crippen molar-refractivity contribution >= 4 is 7.25 Å². The smallest absolute Gasteiger partial charge is 0.456 e. The van der Waals surface area contributed by atoms with Gasteiger partial charge in [0.05, 0.1) is 6.07 Å². The molecule has 2 nitrogen and oxygen atoms in total. The minimum atomic E-state index is -6.00. The van der Waals surface area contributed by atoms with Crippen molar-refractivity contribution in [2.45, 2.75) is 13.8 Å². The number of rotatable bonds is 1. The second-order valence-electron chi connectivity index (χ2n) is 6.23. The Hall–Kier alpha value is -2.57. The molecule has 0 radical (unpaired) electrons. The van der Waals surface area contributed by atoms with Gasteiger partial charge in [-0.15, -0.1) is 0 Å². The molecule has 0 amide bonds. The summed E-state index contributed by atoms with van der Waals surface area (Å²) < 4.78 is 47.2. The summed E-state index contributed by atoms with van der Waals surface area (Å²) in [4.78, 5) is 0. The first-order valence-corrected chi connectivity index (χ1v) is 8.04. The van der Waals surface area contributed by atoms with E-state index in [1.807, 2.05) is 14.1 Å². The Labute approximate surface area is 149 Å². The van der Waals surface area contributed by atoms with Crippen LogP contribution >= 0.6 is 0 Å². The van der Waals surface area contributed by atoms with E-state index in [4.69, 9.17) is 4.42 Å². The summed E-state index contributed by atoms with van der Waals surface area (Å²) in [6, 6.07) is 16.9. The van der Waals surface area contributed by atoms with E-state index < -0.39 is 7.25 Å². The molecule has 138 valence electrons. The number of fused-ring (bicyclic) bond motifs is 1. The van der Waals surface area contributed by atoms with Crippen molar-refractivity contribution < 1.29 is 21.7 Å². The molecule has 0 unspecified atom stereocenters. The van der Waals surface area contributed by atoms with Crippen molar-refractivity contribution in [2.24, 2.45) is 0 Å². The summed E-state index contributed by atoms with van der Waals surface area (Å²) in [6.07, 6.45) is 0. The molecule has 0 N–H and O–H groups in total. The van der Waals surface area contributed by atoms with Gasteiger partial charge in [0.25, 0.3) is 0 Å². The lowest BCUT2D eigenvalue weighted by Gasteiger charge is -2.11. The Morgan fingerprint density at radius 3 is 1.92 bits per heavy atom. The van der Waals surface area contributed by atoms with Crippen molar-refractivity contribution in [2.75, 3.05) is 14.1 Å². The van der Waals surface area contributed by atoms with Crippen LogP contribution in [0.1, 0.15) is 11.1 Å². The standard InChI is InChI=1S/C19H20NO.BF4/c1-13-5-7-15(8-6-13)18-11-14(2)17-10-9-16(20(3)4)12-19(17)21-18;2-1(3,4)5/h5-12H,1-4H3;/q+1;-1. The summed E-state index contributed by atoms with van der Waals surface area (Å²) in [5, 5.41) is 1.15. The molecule has 26 heavy (non-hydrogen) atoms. The topological polar surface area (TPSA) is 16.1 Å². The number of hydrogen-bond acceptors (Lipinski definition) is 1. The quantitative estimate of drug-likeness (QED) is 0.337. The Kier molecular flexibility index (Phi) is 5.90. The molecule has 1 aliphatic heterocycles. The third kappa shape index (κ3) is 5.47. The molecule has 1 aromatic rings. The highest BCUT2D eigenvalue weighted by molar-refractivity contribution is 6.50. The molecular formula is C19H20BF4NO. The van der Waals surface area contributed by atoms with Gasteiger partial charge < -0.3 is 21.7 Å². The zero-order valence-corrected chi connectivity index (χ0v) is 15.1. The molecule has 0 bridgehead atoms. The van der Waals surface area contributed by atoms with E-state index in [1.54, 1.807) is 0 Å². The molecule has 0 saturated heterocycles. The van der Waals surface area contributed by atoms with Gasteiger partial charge in [0.2, 0.25) is 5.36 Å². The molecule has 0 saturated carbocycles. The van der Waals surface area contributed by atoms with E-state index in [-0.39, 0.29) is 0 Å². The second-order valence-corrected chi connectivity index (χ2v) is 6.23. The van der Waals surface area contributed by atoms with Crippen molar-refractivity contribution in [3.8, 4) is 22.6 Å². The fraction of sp³-hybridized carbons (Fsp3) is 0.211. The first-order valence-electron chi connectivity index (χ1n) is 8.04. The van der Waals surface area contributed by atoms with Gasteiger partial charge in [-0.25, -0.2) is 4.58 Å². The first-order chi connectivity index (χ1) is 12.0. The number of aryl methyl sites for hydroxylation is 2. The minimum absolute atomic E-state index is 0.913. The molecular weight excluding hydrogens is 345 g/mol. The van der Waals surface area contributed by atoms with Gasteiger partial charge in [-0.2, -0.15) is 0 Å². The average molecular weight is 365 g/mol. The summed E-state index contributed by atoms with van der Waals surface area (Å²) in [7, 11) is -1.92. The fourth-order valence-electron chi connectivity index (χ4n) is 2.48. The van der Waals surface area contributed by atoms with Crippen LogP contribution in [0.25, 0.3) is 22.6 Å². The zero-order valence-electron chi connectivity index (χ0n) is 15.1. The van der Waals surface area contributed by atoms with Crippen LogP contribution in [0, 0.1) is 13.8 Å². The summed E-state index contributed by atoms with van der Waals surface area (Å²) in [6.45, 7) is 4.22.